The molecule has 0 saturated carbocycles. The molecule has 0 bridgehead atoms. The Morgan fingerprint density at radius 2 is 2.00 bits per heavy atom. The van der Waals surface area contributed by atoms with E-state index in [4.69, 9.17) is 16.3 Å². The molecule has 13 heavy (non-hydrogen) atoms. The van der Waals surface area contributed by atoms with Crippen molar-refractivity contribution in [1.82, 2.24) is 0 Å². The van der Waals surface area contributed by atoms with Gasteiger partial charge in [0.15, 0.2) is 0 Å². The summed E-state index contributed by atoms with van der Waals surface area (Å²) in [7, 11) is 0. The van der Waals surface area contributed by atoms with Crippen LogP contribution in [0.4, 0.5) is 0 Å². The summed E-state index contributed by atoms with van der Waals surface area (Å²) in [5.41, 5.74) is 1.06. The van der Waals surface area contributed by atoms with Crippen molar-refractivity contribution in [3.8, 4) is 0 Å². The van der Waals surface area contributed by atoms with Crippen molar-refractivity contribution in [1.29, 1.82) is 0 Å². The third-order valence-corrected chi connectivity index (χ3v) is 2.04. The largest absolute Gasteiger partial charge is 0.376 e. The smallest absolute Gasteiger partial charge is 0.0731 e. The van der Waals surface area contributed by atoms with Gasteiger partial charge in [-0.15, -0.1) is 0 Å². The highest BCUT2D eigenvalue weighted by atomic mass is 35.5. The van der Waals surface area contributed by atoms with Gasteiger partial charge in [-0.1, -0.05) is 43.6 Å². The lowest BCUT2D eigenvalue weighted by Crippen LogP contribution is -2.01. The summed E-state index contributed by atoms with van der Waals surface area (Å²) in [5.74, 6) is 0.572. The van der Waals surface area contributed by atoms with E-state index >= 15 is 0 Å². The van der Waals surface area contributed by atoms with Crippen LogP contribution in [-0.2, 0) is 11.3 Å². The highest BCUT2D eigenvalue weighted by molar-refractivity contribution is 6.31. The lowest BCUT2D eigenvalue weighted by atomic mass is 10.2. The molecular formula is C11H15ClO. The fourth-order valence-corrected chi connectivity index (χ4v) is 1.21. The van der Waals surface area contributed by atoms with Crippen molar-refractivity contribution in [2.24, 2.45) is 5.92 Å². The maximum absolute atomic E-state index is 5.96. The minimum absolute atomic E-state index is 0.572. The van der Waals surface area contributed by atoms with Crippen molar-refractivity contribution in [3.63, 3.8) is 0 Å². The second-order valence-corrected chi connectivity index (χ2v) is 3.91. The summed E-state index contributed by atoms with van der Waals surface area (Å²) in [6.45, 7) is 5.66. The Bertz CT molecular complexity index is 258. The van der Waals surface area contributed by atoms with Gasteiger partial charge in [-0.3, -0.25) is 0 Å². The van der Waals surface area contributed by atoms with Crippen LogP contribution in [0.15, 0.2) is 24.3 Å². The average Bonchev–Trinajstić information content (AvgIpc) is 2.08. The first-order valence-corrected chi connectivity index (χ1v) is 4.89. The second-order valence-electron chi connectivity index (χ2n) is 3.50. The number of hydrogen-bond acceptors (Lipinski definition) is 1. The highest BCUT2D eigenvalue weighted by Gasteiger charge is 1.99. The van der Waals surface area contributed by atoms with Gasteiger partial charge >= 0.3 is 0 Å². The lowest BCUT2D eigenvalue weighted by molar-refractivity contribution is 0.0971. The van der Waals surface area contributed by atoms with Crippen molar-refractivity contribution in [2.45, 2.75) is 20.5 Å². The normalized spacial score (nSPS) is 10.8. The molecule has 0 N–H and O–H groups in total. The molecule has 2 heteroatoms. The number of halogens is 1. The molecule has 0 unspecified atom stereocenters. The van der Waals surface area contributed by atoms with E-state index < -0.39 is 0 Å². The van der Waals surface area contributed by atoms with Gasteiger partial charge < -0.3 is 4.74 Å². The number of rotatable bonds is 4. The third kappa shape index (κ3) is 3.79. The van der Waals surface area contributed by atoms with Crippen molar-refractivity contribution >= 4 is 11.6 Å². The van der Waals surface area contributed by atoms with E-state index in [2.05, 4.69) is 13.8 Å². The van der Waals surface area contributed by atoms with Crippen LogP contribution in [0.1, 0.15) is 19.4 Å². The van der Waals surface area contributed by atoms with Gasteiger partial charge in [0, 0.05) is 11.6 Å². The molecule has 0 aromatic heterocycles. The van der Waals surface area contributed by atoms with Crippen molar-refractivity contribution in [3.05, 3.63) is 34.9 Å². The van der Waals surface area contributed by atoms with Crippen LogP contribution in [0.5, 0.6) is 0 Å². The molecule has 0 atom stereocenters. The van der Waals surface area contributed by atoms with E-state index in [-0.39, 0.29) is 0 Å². The van der Waals surface area contributed by atoms with Gasteiger partial charge in [0.25, 0.3) is 0 Å². The number of ether oxygens (including phenoxy) is 1. The first-order chi connectivity index (χ1) is 6.20. The third-order valence-electron chi connectivity index (χ3n) is 1.67. The molecule has 1 nitrogen and oxygen atoms in total. The summed E-state index contributed by atoms with van der Waals surface area (Å²) in [4.78, 5) is 0. The van der Waals surface area contributed by atoms with E-state index in [1.54, 1.807) is 0 Å². The van der Waals surface area contributed by atoms with Crippen molar-refractivity contribution in [2.75, 3.05) is 6.61 Å². The van der Waals surface area contributed by atoms with Gasteiger partial charge in [-0.05, 0) is 17.5 Å². The molecule has 1 aromatic carbocycles. The van der Waals surface area contributed by atoms with E-state index in [1.807, 2.05) is 24.3 Å². The maximum Gasteiger partial charge on any atom is 0.0731 e. The summed E-state index contributed by atoms with van der Waals surface area (Å²) in [6, 6.07) is 7.77. The summed E-state index contributed by atoms with van der Waals surface area (Å²) >= 11 is 5.96. The molecule has 72 valence electrons. The molecule has 0 heterocycles. The molecular weight excluding hydrogens is 184 g/mol. The number of hydrogen-bond donors (Lipinski definition) is 0. The van der Waals surface area contributed by atoms with Gasteiger partial charge in [-0.25, -0.2) is 0 Å². The quantitative estimate of drug-likeness (QED) is 0.720. The Balaban J connectivity index is 2.41. The molecule has 1 aromatic rings. The Labute approximate surface area is 84.7 Å². The van der Waals surface area contributed by atoms with Gasteiger partial charge in [-0.2, -0.15) is 0 Å². The molecule has 0 saturated heterocycles. The molecule has 0 aliphatic carbocycles. The zero-order chi connectivity index (χ0) is 9.68. The minimum Gasteiger partial charge on any atom is -0.376 e. The first-order valence-electron chi connectivity index (χ1n) is 4.51. The Hall–Kier alpha value is -0.530. The van der Waals surface area contributed by atoms with Crippen LogP contribution in [-0.4, -0.2) is 6.61 Å². The second kappa shape index (κ2) is 5.25. The van der Waals surface area contributed by atoms with E-state index in [1.165, 1.54) is 0 Å². The molecule has 0 amide bonds. The number of benzene rings is 1. The predicted octanol–water partition coefficient (Wildman–Crippen LogP) is 3.51. The molecule has 1 rings (SSSR count). The average molecular weight is 199 g/mol. The standard InChI is InChI=1S/C11H15ClO/c1-9(2)7-13-8-10-5-3-4-6-11(10)12/h3-6,9H,7-8H2,1-2H3. The van der Waals surface area contributed by atoms with Gasteiger partial charge in [0.2, 0.25) is 0 Å². The SMILES string of the molecule is CC(C)COCc1ccccc1Cl. The molecule has 0 spiro atoms. The van der Waals surface area contributed by atoms with Gasteiger partial charge in [0.1, 0.15) is 0 Å². The molecule has 0 fully saturated rings. The Morgan fingerprint density at radius 1 is 1.31 bits per heavy atom. The predicted molar refractivity (Wildman–Crippen MR) is 55.9 cm³/mol. The summed E-state index contributed by atoms with van der Waals surface area (Å²) in [6.07, 6.45) is 0. The fourth-order valence-electron chi connectivity index (χ4n) is 1.02. The van der Waals surface area contributed by atoms with Crippen molar-refractivity contribution < 1.29 is 4.74 Å². The summed E-state index contributed by atoms with van der Waals surface area (Å²) in [5, 5.41) is 0.784. The van der Waals surface area contributed by atoms with Crippen LogP contribution < -0.4 is 0 Å². The van der Waals surface area contributed by atoms with Crippen LogP contribution >= 0.6 is 11.6 Å². The highest BCUT2D eigenvalue weighted by Crippen LogP contribution is 2.15. The lowest BCUT2D eigenvalue weighted by Gasteiger charge is -2.07. The fraction of sp³-hybridized carbons (Fsp3) is 0.455. The van der Waals surface area contributed by atoms with E-state index in [9.17, 15) is 0 Å². The van der Waals surface area contributed by atoms with E-state index in [0.29, 0.717) is 12.5 Å². The Morgan fingerprint density at radius 3 is 2.62 bits per heavy atom. The summed E-state index contributed by atoms with van der Waals surface area (Å²) < 4.78 is 5.48. The minimum atomic E-state index is 0.572. The van der Waals surface area contributed by atoms with Crippen LogP contribution in [0.2, 0.25) is 5.02 Å². The molecule has 0 aliphatic rings. The zero-order valence-corrected chi connectivity index (χ0v) is 8.84. The zero-order valence-electron chi connectivity index (χ0n) is 8.09. The molecule has 0 radical (unpaired) electrons. The van der Waals surface area contributed by atoms with Crippen LogP contribution in [0, 0.1) is 5.92 Å². The van der Waals surface area contributed by atoms with Gasteiger partial charge in [0.05, 0.1) is 6.61 Å². The monoisotopic (exact) mass is 198 g/mol. The van der Waals surface area contributed by atoms with E-state index in [0.717, 1.165) is 17.2 Å². The molecule has 0 aliphatic heterocycles. The van der Waals surface area contributed by atoms with Crippen LogP contribution in [0.25, 0.3) is 0 Å². The maximum atomic E-state index is 5.96. The first kappa shape index (κ1) is 10.6. The van der Waals surface area contributed by atoms with Crippen LogP contribution in [0.3, 0.4) is 0 Å². The topological polar surface area (TPSA) is 9.23 Å². The Kier molecular flexibility index (Phi) is 4.26.